The van der Waals surface area contributed by atoms with Gasteiger partial charge in [-0.25, -0.2) is 8.78 Å². The first-order valence-corrected chi connectivity index (χ1v) is 8.16. The van der Waals surface area contributed by atoms with Gasteiger partial charge >= 0.3 is 0 Å². The van der Waals surface area contributed by atoms with E-state index in [2.05, 4.69) is 16.7 Å². The lowest BCUT2D eigenvalue weighted by molar-refractivity contribution is -0.0445. The predicted molar refractivity (Wildman–Crippen MR) is 91.4 cm³/mol. The molecule has 1 fully saturated rings. The van der Waals surface area contributed by atoms with Crippen LogP contribution in [0.4, 0.5) is 8.78 Å². The molecule has 1 atom stereocenters. The van der Waals surface area contributed by atoms with Crippen LogP contribution >= 0.6 is 0 Å². The molecule has 3 nitrogen and oxygen atoms in total. The van der Waals surface area contributed by atoms with E-state index in [0.29, 0.717) is 19.7 Å². The van der Waals surface area contributed by atoms with Gasteiger partial charge in [0.1, 0.15) is 18.5 Å². The second-order valence-electron chi connectivity index (χ2n) is 5.78. The molecule has 2 aromatic carbocycles. The molecule has 1 saturated heterocycles. The van der Waals surface area contributed by atoms with Gasteiger partial charge in [0.05, 0.1) is 13.2 Å². The molecule has 0 aromatic heterocycles. The first kappa shape index (κ1) is 17.4. The summed E-state index contributed by atoms with van der Waals surface area (Å²) in [6, 6.07) is 13.0. The van der Waals surface area contributed by atoms with Crippen LogP contribution in [-0.2, 0) is 4.74 Å². The monoisotopic (exact) mass is 343 g/mol. The van der Waals surface area contributed by atoms with E-state index in [1.54, 1.807) is 0 Å². The molecule has 5 heteroatoms. The number of nitrogens with zero attached hydrogens (tertiary/aromatic N) is 1. The van der Waals surface area contributed by atoms with Gasteiger partial charge in [0, 0.05) is 24.7 Å². The van der Waals surface area contributed by atoms with Crippen LogP contribution in [0.5, 0.6) is 5.75 Å². The molecule has 1 aliphatic heterocycles. The molecule has 1 aliphatic rings. The highest BCUT2D eigenvalue weighted by Gasteiger charge is 2.21. The van der Waals surface area contributed by atoms with E-state index < -0.39 is 11.6 Å². The van der Waals surface area contributed by atoms with Gasteiger partial charge in [-0.3, -0.25) is 4.90 Å². The van der Waals surface area contributed by atoms with E-state index in [0.717, 1.165) is 30.3 Å². The number of hydrogen-bond donors (Lipinski definition) is 0. The lowest BCUT2D eigenvalue weighted by Gasteiger charge is -2.31. The van der Waals surface area contributed by atoms with Crippen LogP contribution in [0.3, 0.4) is 0 Å². The number of morpholine rings is 1. The van der Waals surface area contributed by atoms with Crippen molar-refractivity contribution in [2.75, 3.05) is 32.8 Å². The van der Waals surface area contributed by atoms with E-state index in [9.17, 15) is 8.78 Å². The highest BCUT2D eigenvalue weighted by atomic mass is 19.1. The molecule has 0 spiro atoms. The van der Waals surface area contributed by atoms with Crippen LogP contribution in [0, 0.1) is 23.5 Å². The van der Waals surface area contributed by atoms with E-state index in [4.69, 9.17) is 9.47 Å². The van der Waals surface area contributed by atoms with Crippen LogP contribution in [0.15, 0.2) is 48.5 Å². The molecule has 0 saturated carbocycles. The van der Waals surface area contributed by atoms with Gasteiger partial charge in [0.25, 0.3) is 0 Å². The largest absolute Gasteiger partial charge is 0.488 e. The fourth-order valence-corrected chi connectivity index (χ4v) is 2.57. The standard InChI is InChI=1S/C20H19F2NO2/c21-17-8-9-19(22)20(13-17)25-15-18-14-23(11-12-24-18)10-4-7-16-5-2-1-3-6-16/h1-3,5-6,8-9,13,18H,10-12,14-15H2. The Bertz CT molecular complexity index is 755. The Labute approximate surface area is 146 Å². The highest BCUT2D eigenvalue weighted by Crippen LogP contribution is 2.19. The molecular weight excluding hydrogens is 324 g/mol. The quantitative estimate of drug-likeness (QED) is 0.797. The third kappa shape index (κ3) is 5.28. The zero-order chi connectivity index (χ0) is 17.5. The normalized spacial score (nSPS) is 17.6. The van der Waals surface area contributed by atoms with Crippen LogP contribution in [0.1, 0.15) is 5.56 Å². The van der Waals surface area contributed by atoms with Crippen molar-refractivity contribution in [1.82, 2.24) is 4.90 Å². The van der Waals surface area contributed by atoms with Gasteiger partial charge in [-0.1, -0.05) is 30.0 Å². The summed E-state index contributed by atoms with van der Waals surface area (Å²) in [5, 5.41) is 0. The molecule has 0 amide bonds. The van der Waals surface area contributed by atoms with Crippen LogP contribution in [-0.4, -0.2) is 43.9 Å². The molecule has 1 heterocycles. The number of ether oxygens (including phenoxy) is 2. The summed E-state index contributed by atoms with van der Waals surface area (Å²) >= 11 is 0. The van der Waals surface area contributed by atoms with Crippen molar-refractivity contribution in [2.24, 2.45) is 0 Å². The summed E-state index contributed by atoms with van der Waals surface area (Å²) in [5.74, 6) is 5.07. The highest BCUT2D eigenvalue weighted by molar-refractivity contribution is 5.33. The van der Waals surface area contributed by atoms with Gasteiger partial charge in [-0.15, -0.1) is 0 Å². The van der Waals surface area contributed by atoms with E-state index in [-0.39, 0.29) is 18.5 Å². The molecule has 0 bridgehead atoms. The molecule has 1 unspecified atom stereocenters. The lowest BCUT2D eigenvalue weighted by Crippen LogP contribution is -2.45. The van der Waals surface area contributed by atoms with E-state index in [1.807, 2.05) is 30.3 Å². The Hall–Kier alpha value is -2.42. The van der Waals surface area contributed by atoms with Crippen molar-refractivity contribution in [1.29, 1.82) is 0 Å². The molecule has 130 valence electrons. The molecule has 0 radical (unpaired) electrons. The van der Waals surface area contributed by atoms with Gasteiger partial charge in [0.2, 0.25) is 0 Å². The van der Waals surface area contributed by atoms with Crippen molar-refractivity contribution in [3.63, 3.8) is 0 Å². The van der Waals surface area contributed by atoms with Gasteiger partial charge in [0.15, 0.2) is 11.6 Å². The molecule has 0 aliphatic carbocycles. The van der Waals surface area contributed by atoms with E-state index in [1.165, 1.54) is 0 Å². The van der Waals surface area contributed by atoms with Crippen molar-refractivity contribution in [3.05, 3.63) is 65.7 Å². The third-order valence-electron chi connectivity index (χ3n) is 3.85. The van der Waals surface area contributed by atoms with Crippen molar-refractivity contribution >= 4 is 0 Å². The van der Waals surface area contributed by atoms with Crippen molar-refractivity contribution in [2.45, 2.75) is 6.10 Å². The van der Waals surface area contributed by atoms with Crippen LogP contribution in [0.2, 0.25) is 0 Å². The fraction of sp³-hybridized carbons (Fsp3) is 0.300. The minimum absolute atomic E-state index is 0.0930. The van der Waals surface area contributed by atoms with Crippen LogP contribution in [0.25, 0.3) is 0 Å². The zero-order valence-corrected chi connectivity index (χ0v) is 13.8. The molecular formula is C20H19F2NO2. The van der Waals surface area contributed by atoms with E-state index >= 15 is 0 Å². The molecule has 25 heavy (non-hydrogen) atoms. The minimum atomic E-state index is -0.581. The Morgan fingerprint density at radius 2 is 2.00 bits per heavy atom. The maximum absolute atomic E-state index is 13.6. The van der Waals surface area contributed by atoms with Gasteiger partial charge in [-0.05, 0) is 24.3 Å². The van der Waals surface area contributed by atoms with Gasteiger partial charge < -0.3 is 9.47 Å². The van der Waals surface area contributed by atoms with Crippen molar-refractivity contribution < 1.29 is 18.3 Å². The Kier molecular flexibility index (Phi) is 5.99. The first-order valence-electron chi connectivity index (χ1n) is 8.16. The topological polar surface area (TPSA) is 21.7 Å². The smallest absolute Gasteiger partial charge is 0.165 e. The maximum atomic E-state index is 13.6. The Morgan fingerprint density at radius 3 is 2.84 bits per heavy atom. The number of halogens is 2. The second kappa shape index (κ2) is 8.61. The van der Waals surface area contributed by atoms with Crippen molar-refractivity contribution in [3.8, 4) is 17.6 Å². The number of benzene rings is 2. The summed E-state index contributed by atoms with van der Waals surface area (Å²) in [6.45, 7) is 2.79. The average Bonchev–Trinajstić information content (AvgIpc) is 2.64. The van der Waals surface area contributed by atoms with Gasteiger partial charge in [-0.2, -0.15) is 0 Å². The lowest BCUT2D eigenvalue weighted by atomic mass is 10.2. The SMILES string of the molecule is Fc1ccc(F)c(OCC2CN(CC#Cc3ccccc3)CCO2)c1. The fourth-order valence-electron chi connectivity index (χ4n) is 2.57. The summed E-state index contributed by atoms with van der Waals surface area (Å²) in [5.41, 5.74) is 0.984. The molecule has 0 N–H and O–H groups in total. The first-order chi connectivity index (χ1) is 12.2. The summed E-state index contributed by atoms with van der Waals surface area (Å²) < 4.78 is 37.7. The Morgan fingerprint density at radius 1 is 1.16 bits per heavy atom. The number of hydrogen-bond acceptors (Lipinski definition) is 3. The summed E-state index contributed by atoms with van der Waals surface area (Å²) in [6.07, 6.45) is -0.199. The predicted octanol–water partition coefficient (Wildman–Crippen LogP) is 3.10. The second-order valence-corrected chi connectivity index (χ2v) is 5.78. The molecule has 3 rings (SSSR count). The zero-order valence-electron chi connectivity index (χ0n) is 13.8. The minimum Gasteiger partial charge on any atom is -0.488 e. The number of rotatable bonds is 4. The summed E-state index contributed by atoms with van der Waals surface area (Å²) in [7, 11) is 0. The maximum Gasteiger partial charge on any atom is 0.165 e. The average molecular weight is 343 g/mol. The molecule has 2 aromatic rings. The Balaban J connectivity index is 1.49. The summed E-state index contributed by atoms with van der Waals surface area (Å²) in [4.78, 5) is 2.16. The third-order valence-corrected chi connectivity index (χ3v) is 3.85. The van der Waals surface area contributed by atoms with Crippen LogP contribution < -0.4 is 4.74 Å².